The summed E-state index contributed by atoms with van der Waals surface area (Å²) in [4.78, 5) is 0. The number of benzene rings is 1. The number of methoxy groups -OCH3 is 2. The Balaban J connectivity index is 2.06. The zero-order chi connectivity index (χ0) is 15.3. The van der Waals surface area contributed by atoms with E-state index in [2.05, 4.69) is 31.3 Å². The van der Waals surface area contributed by atoms with Gasteiger partial charge in [-0.2, -0.15) is 0 Å². The minimum atomic E-state index is -0.0238. The van der Waals surface area contributed by atoms with E-state index in [9.17, 15) is 0 Å². The summed E-state index contributed by atoms with van der Waals surface area (Å²) in [5, 5.41) is 3.64. The molecule has 2 unspecified atom stereocenters. The quantitative estimate of drug-likeness (QED) is 0.837. The van der Waals surface area contributed by atoms with Crippen LogP contribution in [0.5, 0.6) is 11.5 Å². The highest BCUT2D eigenvalue weighted by Crippen LogP contribution is 2.31. The molecule has 1 fully saturated rings. The lowest BCUT2D eigenvalue weighted by Crippen LogP contribution is -2.38. The zero-order valence-corrected chi connectivity index (χ0v) is 13.6. The molecular formula is C17H27NO3. The first kappa shape index (κ1) is 16.1. The molecule has 0 spiro atoms. The number of hydrogen-bond acceptors (Lipinski definition) is 4. The molecule has 4 nitrogen and oxygen atoms in total. The molecule has 2 atom stereocenters. The molecular weight excluding hydrogens is 266 g/mol. The molecule has 1 aliphatic heterocycles. The van der Waals surface area contributed by atoms with Crippen molar-refractivity contribution >= 4 is 0 Å². The average Bonchev–Trinajstić information content (AvgIpc) is 2.94. The molecule has 2 rings (SSSR count). The second-order valence-corrected chi connectivity index (χ2v) is 5.86. The van der Waals surface area contributed by atoms with Gasteiger partial charge >= 0.3 is 0 Å². The van der Waals surface area contributed by atoms with E-state index in [1.54, 1.807) is 14.2 Å². The van der Waals surface area contributed by atoms with Crippen molar-refractivity contribution in [3.63, 3.8) is 0 Å². The molecule has 118 valence electrons. The maximum absolute atomic E-state index is 5.85. The number of ether oxygens (including phenoxy) is 3. The summed E-state index contributed by atoms with van der Waals surface area (Å²) in [6.45, 7) is 6.13. The van der Waals surface area contributed by atoms with Crippen molar-refractivity contribution in [2.45, 2.75) is 44.8 Å². The van der Waals surface area contributed by atoms with Crippen LogP contribution >= 0.6 is 0 Å². The summed E-state index contributed by atoms with van der Waals surface area (Å²) in [6, 6.07) is 6.41. The van der Waals surface area contributed by atoms with E-state index in [-0.39, 0.29) is 5.60 Å². The van der Waals surface area contributed by atoms with Gasteiger partial charge in [-0.1, -0.05) is 13.0 Å². The predicted molar refractivity (Wildman–Crippen MR) is 84.2 cm³/mol. The van der Waals surface area contributed by atoms with E-state index in [0.717, 1.165) is 43.9 Å². The smallest absolute Gasteiger partial charge is 0.161 e. The van der Waals surface area contributed by atoms with Gasteiger partial charge in [-0.05, 0) is 43.9 Å². The van der Waals surface area contributed by atoms with Crippen LogP contribution in [0.3, 0.4) is 0 Å². The van der Waals surface area contributed by atoms with Crippen LogP contribution in [0.15, 0.2) is 18.2 Å². The minimum Gasteiger partial charge on any atom is -0.493 e. The van der Waals surface area contributed by atoms with Crippen molar-refractivity contribution in [1.29, 1.82) is 0 Å². The summed E-state index contributed by atoms with van der Waals surface area (Å²) < 4.78 is 16.5. The van der Waals surface area contributed by atoms with Crippen molar-refractivity contribution in [2.75, 3.05) is 27.4 Å². The van der Waals surface area contributed by atoms with Crippen molar-refractivity contribution in [3.8, 4) is 11.5 Å². The fourth-order valence-electron chi connectivity index (χ4n) is 2.88. The topological polar surface area (TPSA) is 39.7 Å². The second-order valence-electron chi connectivity index (χ2n) is 5.86. The van der Waals surface area contributed by atoms with E-state index >= 15 is 0 Å². The van der Waals surface area contributed by atoms with Crippen LogP contribution in [-0.2, 0) is 4.74 Å². The molecule has 0 aromatic heterocycles. The molecule has 1 aromatic rings. The highest BCUT2D eigenvalue weighted by atomic mass is 16.5. The van der Waals surface area contributed by atoms with Gasteiger partial charge in [-0.25, -0.2) is 0 Å². The Morgan fingerprint density at radius 3 is 2.62 bits per heavy atom. The Kier molecular flexibility index (Phi) is 5.48. The van der Waals surface area contributed by atoms with Crippen LogP contribution in [0, 0.1) is 0 Å². The van der Waals surface area contributed by atoms with E-state index in [0.29, 0.717) is 6.04 Å². The van der Waals surface area contributed by atoms with Crippen molar-refractivity contribution in [3.05, 3.63) is 23.8 Å². The summed E-state index contributed by atoms with van der Waals surface area (Å²) in [6.07, 6.45) is 3.30. The van der Waals surface area contributed by atoms with Gasteiger partial charge in [0, 0.05) is 19.2 Å². The first-order valence-electron chi connectivity index (χ1n) is 7.71. The van der Waals surface area contributed by atoms with Gasteiger partial charge in [-0.3, -0.25) is 0 Å². The zero-order valence-electron chi connectivity index (χ0n) is 13.6. The van der Waals surface area contributed by atoms with Crippen LogP contribution in [0.1, 0.15) is 44.7 Å². The Morgan fingerprint density at radius 1 is 1.29 bits per heavy atom. The van der Waals surface area contributed by atoms with Gasteiger partial charge in [0.25, 0.3) is 0 Å². The monoisotopic (exact) mass is 293 g/mol. The molecule has 1 aliphatic rings. The largest absolute Gasteiger partial charge is 0.493 e. The lowest BCUT2D eigenvalue weighted by molar-refractivity contribution is 0.0186. The summed E-state index contributed by atoms with van der Waals surface area (Å²) >= 11 is 0. The van der Waals surface area contributed by atoms with Crippen LogP contribution in [0.2, 0.25) is 0 Å². The van der Waals surface area contributed by atoms with E-state index in [1.165, 1.54) is 5.56 Å². The normalized spacial score (nSPS) is 23.0. The number of rotatable bonds is 7. The van der Waals surface area contributed by atoms with Crippen LogP contribution in [-0.4, -0.2) is 33.0 Å². The second kappa shape index (κ2) is 7.14. The Morgan fingerprint density at radius 2 is 2.05 bits per heavy atom. The van der Waals surface area contributed by atoms with Gasteiger partial charge in [0.2, 0.25) is 0 Å². The molecule has 0 bridgehead atoms. The van der Waals surface area contributed by atoms with E-state index in [1.807, 2.05) is 6.07 Å². The van der Waals surface area contributed by atoms with Crippen LogP contribution < -0.4 is 14.8 Å². The standard InChI is InChI=1S/C17H27NO3/c1-5-14(18-12-17(2)9-6-10-21-17)13-7-8-15(19-3)16(11-13)20-4/h7-8,11,14,18H,5-6,9-10,12H2,1-4H3. The molecule has 0 saturated carbocycles. The predicted octanol–water partition coefficient (Wildman–Crippen LogP) is 3.31. The minimum absolute atomic E-state index is 0.0238. The summed E-state index contributed by atoms with van der Waals surface area (Å²) in [5.41, 5.74) is 1.20. The third kappa shape index (κ3) is 3.89. The molecule has 0 radical (unpaired) electrons. The molecule has 1 N–H and O–H groups in total. The molecule has 0 aliphatic carbocycles. The van der Waals surface area contributed by atoms with Gasteiger partial charge < -0.3 is 19.5 Å². The number of hydrogen-bond donors (Lipinski definition) is 1. The van der Waals surface area contributed by atoms with Gasteiger partial charge in [0.15, 0.2) is 11.5 Å². The van der Waals surface area contributed by atoms with E-state index < -0.39 is 0 Å². The van der Waals surface area contributed by atoms with Crippen LogP contribution in [0.25, 0.3) is 0 Å². The molecule has 0 amide bonds. The lowest BCUT2D eigenvalue weighted by Gasteiger charge is -2.27. The molecule has 1 saturated heterocycles. The molecule has 4 heteroatoms. The van der Waals surface area contributed by atoms with Crippen LogP contribution in [0.4, 0.5) is 0 Å². The molecule has 1 aromatic carbocycles. The first-order valence-corrected chi connectivity index (χ1v) is 7.71. The Hall–Kier alpha value is -1.26. The van der Waals surface area contributed by atoms with E-state index in [4.69, 9.17) is 14.2 Å². The third-order valence-corrected chi connectivity index (χ3v) is 4.24. The van der Waals surface area contributed by atoms with Crippen molar-refractivity contribution in [1.82, 2.24) is 5.32 Å². The molecule has 1 heterocycles. The average molecular weight is 293 g/mol. The fraction of sp³-hybridized carbons (Fsp3) is 0.647. The maximum atomic E-state index is 5.85. The van der Waals surface area contributed by atoms with Crippen molar-refractivity contribution in [2.24, 2.45) is 0 Å². The SMILES string of the molecule is CCC(NCC1(C)CCCO1)c1ccc(OC)c(OC)c1. The van der Waals surface area contributed by atoms with Gasteiger partial charge in [0.05, 0.1) is 19.8 Å². The lowest BCUT2D eigenvalue weighted by atomic mass is 9.99. The fourth-order valence-corrected chi connectivity index (χ4v) is 2.88. The third-order valence-electron chi connectivity index (χ3n) is 4.24. The molecule has 21 heavy (non-hydrogen) atoms. The highest BCUT2D eigenvalue weighted by Gasteiger charge is 2.30. The first-order chi connectivity index (χ1) is 10.1. The van der Waals surface area contributed by atoms with Gasteiger partial charge in [-0.15, -0.1) is 0 Å². The Labute approximate surface area is 127 Å². The maximum Gasteiger partial charge on any atom is 0.161 e. The Bertz CT molecular complexity index is 455. The summed E-state index contributed by atoms with van der Waals surface area (Å²) in [7, 11) is 3.33. The van der Waals surface area contributed by atoms with Gasteiger partial charge in [0.1, 0.15) is 0 Å². The van der Waals surface area contributed by atoms with Crippen molar-refractivity contribution < 1.29 is 14.2 Å². The number of nitrogens with one attached hydrogen (secondary N) is 1. The summed E-state index contributed by atoms with van der Waals surface area (Å²) in [5.74, 6) is 1.54. The highest BCUT2D eigenvalue weighted by molar-refractivity contribution is 5.43.